The molecule has 0 bridgehead atoms. The lowest BCUT2D eigenvalue weighted by molar-refractivity contribution is 0.185. The van der Waals surface area contributed by atoms with Crippen molar-refractivity contribution < 1.29 is 20.1 Å². The Morgan fingerprint density at radius 2 is 2.00 bits per heavy atom. The first kappa shape index (κ1) is 11.7. The summed E-state index contributed by atoms with van der Waals surface area (Å²) in [6.45, 7) is 1.71. The molecule has 4 heteroatoms. The molecular weight excluding hydrogens is 196 g/mol. The van der Waals surface area contributed by atoms with E-state index in [-0.39, 0.29) is 23.4 Å². The van der Waals surface area contributed by atoms with Crippen LogP contribution in [0.2, 0.25) is 0 Å². The van der Waals surface area contributed by atoms with Crippen molar-refractivity contribution in [1.82, 2.24) is 0 Å². The van der Waals surface area contributed by atoms with E-state index in [1.165, 1.54) is 13.2 Å². The molecule has 0 heterocycles. The number of rotatable bonds is 4. The summed E-state index contributed by atoms with van der Waals surface area (Å²) in [5.41, 5.74) is 0.822. The number of aliphatic hydroxyl groups is 1. The summed E-state index contributed by atoms with van der Waals surface area (Å²) in [6, 6.07) is 3.12. The van der Waals surface area contributed by atoms with Gasteiger partial charge in [0.05, 0.1) is 13.2 Å². The lowest BCUT2D eigenvalue weighted by Gasteiger charge is -2.09. The number of benzene rings is 1. The molecule has 0 aliphatic heterocycles. The predicted molar refractivity (Wildman–Crippen MR) is 56.3 cm³/mol. The SMILES string of the molecule is COc1cc(CC[C@@H](C)O)cc(O)c1O. The van der Waals surface area contributed by atoms with Gasteiger partial charge in [0.25, 0.3) is 0 Å². The van der Waals surface area contributed by atoms with Gasteiger partial charge in [-0.05, 0) is 37.5 Å². The Morgan fingerprint density at radius 1 is 1.33 bits per heavy atom. The van der Waals surface area contributed by atoms with Gasteiger partial charge in [-0.3, -0.25) is 0 Å². The zero-order valence-electron chi connectivity index (χ0n) is 8.90. The third-order valence-electron chi connectivity index (χ3n) is 2.19. The van der Waals surface area contributed by atoms with Crippen LogP contribution in [-0.2, 0) is 6.42 Å². The highest BCUT2D eigenvalue weighted by molar-refractivity contribution is 5.51. The molecule has 0 amide bonds. The second-order valence-electron chi connectivity index (χ2n) is 3.55. The molecule has 15 heavy (non-hydrogen) atoms. The van der Waals surface area contributed by atoms with Crippen LogP contribution in [0.4, 0.5) is 0 Å². The maximum atomic E-state index is 9.38. The molecule has 3 N–H and O–H groups in total. The minimum absolute atomic E-state index is 0.199. The van der Waals surface area contributed by atoms with E-state index in [1.807, 2.05) is 0 Å². The summed E-state index contributed by atoms with van der Waals surface area (Å²) in [5, 5.41) is 27.9. The number of phenols is 2. The molecule has 0 aliphatic carbocycles. The Labute approximate surface area is 88.8 Å². The van der Waals surface area contributed by atoms with Crippen molar-refractivity contribution in [2.75, 3.05) is 7.11 Å². The normalized spacial score (nSPS) is 12.5. The molecule has 0 aromatic heterocycles. The Bertz CT molecular complexity index is 334. The van der Waals surface area contributed by atoms with E-state index in [1.54, 1.807) is 13.0 Å². The third-order valence-corrected chi connectivity index (χ3v) is 2.19. The molecule has 0 unspecified atom stereocenters. The van der Waals surface area contributed by atoms with Crippen LogP contribution in [0.15, 0.2) is 12.1 Å². The number of aromatic hydroxyl groups is 2. The Balaban J connectivity index is 2.86. The van der Waals surface area contributed by atoms with Crippen molar-refractivity contribution in [3.63, 3.8) is 0 Å². The number of hydrogen-bond donors (Lipinski definition) is 3. The Morgan fingerprint density at radius 3 is 2.53 bits per heavy atom. The van der Waals surface area contributed by atoms with Gasteiger partial charge in [-0.1, -0.05) is 0 Å². The number of hydrogen-bond acceptors (Lipinski definition) is 4. The highest BCUT2D eigenvalue weighted by atomic mass is 16.5. The molecule has 0 radical (unpaired) electrons. The van der Waals surface area contributed by atoms with Crippen molar-refractivity contribution >= 4 is 0 Å². The zero-order valence-corrected chi connectivity index (χ0v) is 8.90. The van der Waals surface area contributed by atoms with E-state index in [4.69, 9.17) is 9.84 Å². The van der Waals surface area contributed by atoms with Gasteiger partial charge in [-0.15, -0.1) is 0 Å². The number of ether oxygens (including phenoxy) is 1. The van der Waals surface area contributed by atoms with Crippen LogP contribution in [0.5, 0.6) is 17.2 Å². The van der Waals surface area contributed by atoms with Crippen molar-refractivity contribution in [3.05, 3.63) is 17.7 Å². The predicted octanol–water partition coefficient (Wildman–Crippen LogP) is 1.42. The molecule has 1 rings (SSSR count). The molecule has 0 saturated carbocycles. The van der Waals surface area contributed by atoms with Gasteiger partial charge in [-0.2, -0.15) is 0 Å². The number of aryl methyl sites for hydroxylation is 1. The zero-order chi connectivity index (χ0) is 11.4. The quantitative estimate of drug-likeness (QED) is 0.660. The molecular formula is C11H16O4. The largest absolute Gasteiger partial charge is 0.504 e. The van der Waals surface area contributed by atoms with Gasteiger partial charge in [0.15, 0.2) is 11.5 Å². The Hall–Kier alpha value is -1.42. The monoisotopic (exact) mass is 212 g/mol. The van der Waals surface area contributed by atoms with Crippen molar-refractivity contribution in [2.45, 2.75) is 25.9 Å². The second kappa shape index (κ2) is 4.89. The Kier molecular flexibility index (Phi) is 3.80. The highest BCUT2D eigenvalue weighted by Crippen LogP contribution is 2.36. The van der Waals surface area contributed by atoms with Crippen LogP contribution in [0, 0.1) is 0 Å². The van der Waals surface area contributed by atoms with E-state index >= 15 is 0 Å². The average Bonchev–Trinajstić information content (AvgIpc) is 2.19. The molecule has 84 valence electrons. The van der Waals surface area contributed by atoms with Crippen LogP contribution < -0.4 is 4.74 Å². The van der Waals surface area contributed by atoms with Crippen LogP contribution in [-0.4, -0.2) is 28.5 Å². The van der Waals surface area contributed by atoms with E-state index in [2.05, 4.69) is 0 Å². The maximum Gasteiger partial charge on any atom is 0.200 e. The summed E-state index contributed by atoms with van der Waals surface area (Å²) in [6.07, 6.45) is 0.849. The molecule has 1 aromatic rings. The fourth-order valence-electron chi connectivity index (χ4n) is 1.32. The van der Waals surface area contributed by atoms with Crippen molar-refractivity contribution in [3.8, 4) is 17.2 Å². The van der Waals surface area contributed by atoms with Crippen LogP contribution in [0.1, 0.15) is 18.9 Å². The lowest BCUT2D eigenvalue weighted by atomic mass is 10.1. The minimum atomic E-state index is -0.382. The summed E-state index contributed by atoms with van der Waals surface area (Å²) in [7, 11) is 1.42. The molecule has 0 fully saturated rings. The molecule has 0 spiro atoms. The van der Waals surface area contributed by atoms with Gasteiger partial charge in [0.1, 0.15) is 0 Å². The summed E-state index contributed by atoms with van der Waals surface area (Å²) < 4.78 is 4.90. The molecule has 4 nitrogen and oxygen atoms in total. The van der Waals surface area contributed by atoms with Crippen LogP contribution >= 0.6 is 0 Å². The van der Waals surface area contributed by atoms with Gasteiger partial charge < -0.3 is 20.1 Å². The first-order chi connectivity index (χ1) is 7.04. The number of aliphatic hydroxyl groups excluding tert-OH is 1. The van der Waals surface area contributed by atoms with Gasteiger partial charge in [-0.25, -0.2) is 0 Å². The van der Waals surface area contributed by atoms with E-state index in [9.17, 15) is 10.2 Å². The highest BCUT2D eigenvalue weighted by Gasteiger charge is 2.09. The van der Waals surface area contributed by atoms with E-state index in [0.29, 0.717) is 12.8 Å². The third kappa shape index (κ3) is 3.02. The topological polar surface area (TPSA) is 69.9 Å². The lowest BCUT2D eigenvalue weighted by Crippen LogP contribution is -2.01. The fraction of sp³-hybridized carbons (Fsp3) is 0.455. The summed E-state index contributed by atoms with van der Waals surface area (Å²) >= 11 is 0. The number of methoxy groups -OCH3 is 1. The molecule has 0 saturated heterocycles. The van der Waals surface area contributed by atoms with Gasteiger partial charge in [0, 0.05) is 0 Å². The van der Waals surface area contributed by atoms with Gasteiger partial charge in [0.2, 0.25) is 5.75 Å². The smallest absolute Gasteiger partial charge is 0.200 e. The van der Waals surface area contributed by atoms with Gasteiger partial charge >= 0.3 is 0 Å². The van der Waals surface area contributed by atoms with Crippen LogP contribution in [0.25, 0.3) is 0 Å². The van der Waals surface area contributed by atoms with Crippen molar-refractivity contribution in [1.29, 1.82) is 0 Å². The average molecular weight is 212 g/mol. The second-order valence-corrected chi connectivity index (χ2v) is 3.55. The number of phenolic OH excluding ortho intramolecular Hbond substituents is 2. The molecule has 1 aromatic carbocycles. The maximum absolute atomic E-state index is 9.38. The molecule has 0 aliphatic rings. The van der Waals surface area contributed by atoms with Crippen LogP contribution in [0.3, 0.4) is 0 Å². The minimum Gasteiger partial charge on any atom is -0.504 e. The standard InChI is InChI=1S/C11H16O4/c1-7(12)3-4-8-5-9(13)11(14)10(6-8)15-2/h5-7,12-14H,3-4H2,1-2H3/t7-/m1/s1. The van der Waals surface area contributed by atoms with Crippen molar-refractivity contribution in [2.24, 2.45) is 0 Å². The summed E-state index contributed by atoms with van der Waals surface area (Å²) in [4.78, 5) is 0. The fourth-order valence-corrected chi connectivity index (χ4v) is 1.32. The molecule has 1 atom stereocenters. The first-order valence-corrected chi connectivity index (χ1v) is 4.81. The first-order valence-electron chi connectivity index (χ1n) is 4.81. The van der Waals surface area contributed by atoms with E-state index in [0.717, 1.165) is 5.56 Å². The summed E-state index contributed by atoms with van der Waals surface area (Å²) in [5.74, 6) is -0.205. The van der Waals surface area contributed by atoms with E-state index < -0.39 is 0 Å².